The number of unbranched alkanes of at least 4 members (excludes halogenated alkanes) is 2. The van der Waals surface area contributed by atoms with Gasteiger partial charge in [-0.3, -0.25) is 4.79 Å². The first-order chi connectivity index (χ1) is 10.3. The lowest BCUT2D eigenvalue weighted by Gasteiger charge is -2.25. The summed E-state index contributed by atoms with van der Waals surface area (Å²) in [6.45, 7) is 6.13. The highest BCUT2D eigenvalue weighted by molar-refractivity contribution is 5.79. The van der Waals surface area contributed by atoms with Crippen LogP contribution in [0.4, 0.5) is 0 Å². The van der Waals surface area contributed by atoms with Gasteiger partial charge in [-0.1, -0.05) is 6.42 Å². The van der Waals surface area contributed by atoms with Gasteiger partial charge in [0.05, 0.1) is 0 Å². The van der Waals surface area contributed by atoms with Crippen LogP contribution >= 0.6 is 0 Å². The molecule has 0 spiro atoms. The fraction of sp³-hybridized carbons (Fsp3) is 0.941. The van der Waals surface area contributed by atoms with Crippen LogP contribution in [-0.2, 0) is 4.79 Å². The van der Waals surface area contributed by atoms with Crippen molar-refractivity contribution < 1.29 is 4.79 Å². The van der Waals surface area contributed by atoms with Crippen LogP contribution in [0.2, 0.25) is 0 Å². The number of carbonyl (C=O) groups is 1. The Morgan fingerprint density at radius 1 is 0.952 bits per heavy atom. The molecule has 0 aromatic rings. The summed E-state index contributed by atoms with van der Waals surface area (Å²) in [6, 6.07) is 0. The summed E-state index contributed by atoms with van der Waals surface area (Å²) < 4.78 is 0. The van der Waals surface area contributed by atoms with Gasteiger partial charge < -0.3 is 15.5 Å². The highest BCUT2D eigenvalue weighted by atomic mass is 16.2. The van der Waals surface area contributed by atoms with Gasteiger partial charge in [0.2, 0.25) is 5.91 Å². The Morgan fingerprint density at radius 2 is 1.76 bits per heavy atom. The zero-order valence-corrected chi connectivity index (χ0v) is 13.3. The van der Waals surface area contributed by atoms with Crippen LogP contribution in [-0.4, -0.2) is 55.0 Å². The van der Waals surface area contributed by atoms with E-state index in [-0.39, 0.29) is 0 Å². The zero-order chi connectivity index (χ0) is 14.7. The molecule has 4 nitrogen and oxygen atoms in total. The predicted octanol–water partition coefficient (Wildman–Crippen LogP) is 1.70. The van der Waals surface area contributed by atoms with Crippen molar-refractivity contribution in [3.63, 3.8) is 0 Å². The van der Waals surface area contributed by atoms with Crippen LogP contribution in [0, 0.1) is 17.8 Å². The number of nitrogens with two attached hydrogens (primary N) is 1. The fourth-order valence-corrected chi connectivity index (χ4v) is 4.25. The standard InChI is InChI=1S/C17H31N3O/c18-5-2-1-3-6-19-7-4-8-20(10-9-19)17(21)16-12-14-11-15(14)13-16/h14-16H,1-13,18H2. The summed E-state index contributed by atoms with van der Waals surface area (Å²) in [4.78, 5) is 17.3. The molecule has 2 unspecified atom stereocenters. The van der Waals surface area contributed by atoms with Gasteiger partial charge in [0.25, 0.3) is 0 Å². The van der Waals surface area contributed by atoms with Gasteiger partial charge in [-0.25, -0.2) is 0 Å². The molecule has 3 rings (SSSR count). The number of hydrogen-bond acceptors (Lipinski definition) is 3. The summed E-state index contributed by atoms with van der Waals surface area (Å²) in [7, 11) is 0. The molecule has 0 radical (unpaired) electrons. The molecule has 1 aliphatic heterocycles. The van der Waals surface area contributed by atoms with E-state index in [1.807, 2.05) is 0 Å². The van der Waals surface area contributed by atoms with E-state index in [0.717, 1.165) is 57.4 Å². The van der Waals surface area contributed by atoms with Gasteiger partial charge in [-0.15, -0.1) is 0 Å². The van der Waals surface area contributed by atoms with Crippen molar-refractivity contribution in [1.29, 1.82) is 0 Å². The van der Waals surface area contributed by atoms with Crippen molar-refractivity contribution in [2.45, 2.75) is 44.9 Å². The molecule has 0 aromatic carbocycles. The Labute approximate surface area is 129 Å². The third kappa shape index (κ3) is 3.98. The molecule has 4 heteroatoms. The molecule has 2 aliphatic carbocycles. The number of hydrogen-bond donors (Lipinski definition) is 1. The van der Waals surface area contributed by atoms with Gasteiger partial charge in [0.15, 0.2) is 0 Å². The Kier molecular flexibility index (Phi) is 5.17. The van der Waals surface area contributed by atoms with Crippen molar-refractivity contribution in [3.05, 3.63) is 0 Å². The first-order valence-corrected chi connectivity index (χ1v) is 8.99. The van der Waals surface area contributed by atoms with E-state index in [4.69, 9.17) is 5.73 Å². The van der Waals surface area contributed by atoms with Crippen molar-refractivity contribution in [1.82, 2.24) is 9.80 Å². The van der Waals surface area contributed by atoms with E-state index in [1.165, 1.54) is 38.6 Å². The zero-order valence-electron chi connectivity index (χ0n) is 13.3. The molecule has 0 aromatic heterocycles. The van der Waals surface area contributed by atoms with Gasteiger partial charge >= 0.3 is 0 Å². The number of nitrogens with zero attached hydrogens (tertiary/aromatic N) is 2. The van der Waals surface area contributed by atoms with Crippen LogP contribution in [0.1, 0.15) is 44.9 Å². The topological polar surface area (TPSA) is 49.6 Å². The van der Waals surface area contributed by atoms with E-state index in [1.54, 1.807) is 0 Å². The second-order valence-electron chi connectivity index (χ2n) is 7.29. The molecule has 2 atom stereocenters. The summed E-state index contributed by atoms with van der Waals surface area (Å²) in [6.07, 6.45) is 8.54. The van der Waals surface area contributed by atoms with Crippen LogP contribution < -0.4 is 5.73 Å². The number of fused-ring (bicyclic) bond motifs is 1. The van der Waals surface area contributed by atoms with Crippen molar-refractivity contribution in [2.75, 3.05) is 39.3 Å². The summed E-state index contributed by atoms with van der Waals surface area (Å²) >= 11 is 0. The van der Waals surface area contributed by atoms with E-state index < -0.39 is 0 Å². The Morgan fingerprint density at radius 3 is 2.52 bits per heavy atom. The quantitative estimate of drug-likeness (QED) is 0.758. The van der Waals surface area contributed by atoms with Gasteiger partial charge in [-0.2, -0.15) is 0 Å². The lowest BCUT2D eigenvalue weighted by Crippen LogP contribution is -2.38. The Bertz CT molecular complexity index is 350. The molecule has 1 heterocycles. The minimum Gasteiger partial charge on any atom is -0.341 e. The van der Waals surface area contributed by atoms with Crippen LogP contribution in [0.3, 0.4) is 0 Å². The molecule has 21 heavy (non-hydrogen) atoms. The average Bonchev–Trinajstić information content (AvgIpc) is 3.18. The second-order valence-corrected chi connectivity index (χ2v) is 7.29. The third-order valence-corrected chi connectivity index (χ3v) is 5.67. The summed E-state index contributed by atoms with van der Waals surface area (Å²) in [5.74, 6) is 2.65. The Hall–Kier alpha value is -0.610. The summed E-state index contributed by atoms with van der Waals surface area (Å²) in [5.41, 5.74) is 5.54. The van der Waals surface area contributed by atoms with E-state index in [2.05, 4.69) is 9.80 Å². The third-order valence-electron chi connectivity index (χ3n) is 5.67. The van der Waals surface area contributed by atoms with Crippen LogP contribution in [0.5, 0.6) is 0 Å². The van der Waals surface area contributed by atoms with Crippen molar-refractivity contribution in [3.8, 4) is 0 Å². The van der Waals surface area contributed by atoms with E-state index in [0.29, 0.717) is 11.8 Å². The summed E-state index contributed by atoms with van der Waals surface area (Å²) in [5, 5.41) is 0. The molecule has 1 saturated heterocycles. The first-order valence-electron chi connectivity index (χ1n) is 8.99. The highest BCUT2D eigenvalue weighted by Gasteiger charge is 2.48. The molecule has 3 fully saturated rings. The number of carbonyl (C=O) groups excluding carboxylic acids is 1. The molecule has 0 bridgehead atoms. The first kappa shape index (κ1) is 15.3. The molecule has 1 amide bonds. The second kappa shape index (κ2) is 7.10. The molecule has 3 aliphatic rings. The van der Waals surface area contributed by atoms with Crippen LogP contribution in [0.15, 0.2) is 0 Å². The van der Waals surface area contributed by atoms with Gasteiger partial charge in [-0.05, 0) is 70.0 Å². The van der Waals surface area contributed by atoms with Gasteiger partial charge in [0.1, 0.15) is 0 Å². The van der Waals surface area contributed by atoms with E-state index >= 15 is 0 Å². The largest absolute Gasteiger partial charge is 0.341 e. The lowest BCUT2D eigenvalue weighted by molar-refractivity contribution is -0.135. The van der Waals surface area contributed by atoms with Crippen molar-refractivity contribution in [2.24, 2.45) is 23.5 Å². The SMILES string of the molecule is NCCCCCN1CCCN(C(=O)C2CC3CC3C2)CC1. The minimum absolute atomic E-state index is 0.366. The maximum absolute atomic E-state index is 12.6. The maximum atomic E-state index is 12.6. The highest BCUT2D eigenvalue weighted by Crippen LogP contribution is 2.54. The molecular weight excluding hydrogens is 262 g/mol. The molecule has 2 saturated carbocycles. The Balaban J connectivity index is 1.39. The minimum atomic E-state index is 0.366. The van der Waals surface area contributed by atoms with Gasteiger partial charge in [0, 0.05) is 25.6 Å². The monoisotopic (exact) mass is 293 g/mol. The normalized spacial score (nSPS) is 32.8. The maximum Gasteiger partial charge on any atom is 0.225 e. The predicted molar refractivity (Wildman–Crippen MR) is 84.9 cm³/mol. The van der Waals surface area contributed by atoms with Crippen molar-refractivity contribution >= 4 is 5.91 Å². The molecule has 120 valence electrons. The fourth-order valence-electron chi connectivity index (χ4n) is 4.25. The number of amides is 1. The molecular formula is C17H31N3O. The van der Waals surface area contributed by atoms with Crippen LogP contribution in [0.25, 0.3) is 0 Å². The lowest BCUT2D eigenvalue weighted by atomic mass is 10.0. The molecule has 2 N–H and O–H groups in total. The smallest absolute Gasteiger partial charge is 0.225 e. The number of rotatable bonds is 6. The van der Waals surface area contributed by atoms with E-state index in [9.17, 15) is 4.79 Å². The average molecular weight is 293 g/mol.